The molecule has 0 saturated carbocycles. The number of carbonyl (C=O) groups excluding carboxylic acids is 1. The highest BCUT2D eigenvalue weighted by Gasteiger charge is 2.13. The van der Waals surface area contributed by atoms with Gasteiger partial charge in [-0.3, -0.25) is 4.98 Å². The minimum absolute atomic E-state index is 0.336. The third-order valence-electron chi connectivity index (χ3n) is 2.16. The predicted molar refractivity (Wildman–Crippen MR) is 60.7 cm³/mol. The Morgan fingerprint density at radius 2 is 2.44 bits per heavy atom. The van der Waals surface area contributed by atoms with Crippen molar-refractivity contribution >= 4 is 6.09 Å². The predicted octanol–water partition coefficient (Wildman–Crippen LogP) is 0.999. The van der Waals surface area contributed by atoms with Gasteiger partial charge in [0.25, 0.3) is 0 Å². The maximum Gasteiger partial charge on any atom is 0.409 e. The number of aromatic nitrogens is 1. The molecule has 88 valence electrons. The van der Waals surface area contributed by atoms with Crippen molar-refractivity contribution in [2.45, 2.75) is 13.0 Å². The summed E-state index contributed by atoms with van der Waals surface area (Å²) in [5.74, 6) is 0. The van der Waals surface area contributed by atoms with Gasteiger partial charge < -0.3 is 15.4 Å². The molecule has 0 atom stereocenters. The Labute approximate surface area is 95.2 Å². The maximum atomic E-state index is 11.5. The first-order chi connectivity index (χ1) is 7.77. The van der Waals surface area contributed by atoms with E-state index in [9.17, 15) is 4.79 Å². The van der Waals surface area contributed by atoms with E-state index in [4.69, 9.17) is 10.5 Å². The Hall–Kier alpha value is -1.62. The van der Waals surface area contributed by atoms with E-state index in [1.54, 1.807) is 17.3 Å². The van der Waals surface area contributed by atoms with E-state index in [0.29, 0.717) is 19.6 Å². The molecule has 0 aliphatic carbocycles. The highest BCUT2D eigenvalue weighted by atomic mass is 16.5. The molecule has 5 nitrogen and oxygen atoms in total. The molecule has 0 aromatic carbocycles. The smallest absolute Gasteiger partial charge is 0.409 e. The van der Waals surface area contributed by atoms with Crippen LogP contribution in [-0.2, 0) is 11.3 Å². The van der Waals surface area contributed by atoms with E-state index in [2.05, 4.69) is 4.98 Å². The number of hydrogen-bond acceptors (Lipinski definition) is 4. The summed E-state index contributed by atoms with van der Waals surface area (Å²) in [6.07, 6.45) is 3.86. The van der Waals surface area contributed by atoms with Crippen molar-refractivity contribution in [1.82, 2.24) is 9.88 Å². The first-order valence-corrected chi connectivity index (χ1v) is 5.19. The van der Waals surface area contributed by atoms with E-state index in [0.717, 1.165) is 12.0 Å². The van der Waals surface area contributed by atoms with Crippen molar-refractivity contribution in [3.05, 3.63) is 30.1 Å². The number of rotatable bonds is 5. The van der Waals surface area contributed by atoms with Crippen molar-refractivity contribution in [2.24, 2.45) is 5.73 Å². The van der Waals surface area contributed by atoms with Crippen molar-refractivity contribution in [2.75, 3.05) is 20.2 Å². The average molecular weight is 223 g/mol. The van der Waals surface area contributed by atoms with E-state index in [1.807, 2.05) is 12.1 Å². The molecule has 0 radical (unpaired) electrons. The van der Waals surface area contributed by atoms with Crippen LogP contribution in [0, 0.1) is 0 Å². The second kappa shape index (κ2) is 6.79. The van der Waals surface area contributed by atoms with Gasteiger partial charge in [0.1, 0.15) is 0 Å². The largest absolute Gasteiger partial charge is 0.453 e. The Morgan fingerprint density at radius 1 is 1.62 bits per heavy atom. The fraction of sp³-hybridized carbons (Fsp3) is 0.455. The van der Waals surface area contributed by atoms with Gasteiger partial charge >= 0.3 is 6.09 Å². The van der Waals surface area contributed by atoms with Gasteiger partial charge in [0, 0.05) is 18.9 Å². The second-order valence-electron chi connectivity index (χ2n) is 3.40. The molecule has 16 heavy (non-hydrogen) atoms. The molecule has 0 bridgehead atoms. The third-order valence-corrected chi connectivity index (χ3v) is 2.16. The second-order valence-corrected chi connectivity index (χ2v) is 3.40. The summed E-state index contributed by atoms with van der Waals surface area (Å²) in [4.78, 5) is 17.1. The lowest BCUT2D eigenvalue weighted by molar-refractivity contribution is 0.120. The minimum atomic E-state index is -0.336. The number of nitrogens with zero attached hydrogens (tertiary/aromatic N) is 2. The highest BCUT2D eigenvalue weighted by molar-refractivity contribution is 5.67. The van der Waals surface area contributed by atoms with Crippen LogP contribution >= 0.6 is 0 Å². The summed E-state index contributed by atoms with van der Waals surface area (Å²) in [6.45, 7) is 1.65. The number of carbonyl (C=O) groups is 1. The van der Waals surface area contributed by atoms with E-state index >= 15 is 0 Å². The number of pyridine rings is 1. The van der Waals surface area contributed by atoms with Crippen LogP contribution in [0.1, 0.15) is 12.0 Å². The summed E-state index contributed by atoms with van der Waals surface area (Å²) in [7, 11) is 1.38. The summed E-state index contributed by atoms with van der Waals surface area (Å²) >= 11 is 0. The molecule has 5 heteroatoms. The highest BCUT2D eigenvalue weighted by Crippen LogP contribution is 2.05. The standard InChI is InChI=1S/C11H17N3O2/c1-16-11(15)14(7-3-5-12)9-10-4-2-6-13-8-10/h2,4,6,8H,3,5,7,9,12H2,1H3. The zero-order valence-corrected chi connectivity index (χ0v) is 9.43. The summed E-state index contributed by atoms with van der Waals surface area (Å²) in [5, 5.41) is 0. The van der Waals surface area contributed by atoms with Crippen LogP contribution in [0.5, 0.6) is 0 Å². The van der Waals surface area contributed by atoms with E-state index in [1.165, 1.54) is 7.11 Å². The van der Waals surface area contributed by atoms with Crippen LogP contribution in [-0.4, -0.2) is 36.2 Å². The summed E-state index contributed by atoms with van der Waals surface area (Å²) < 4.78 is 4.71. The van der Waals surface area contributed by atoms with E-state index in [-0.39, 0.29) is 6.09 Å². The maximum absolute atomic E-state index is 11.5. The monoisotopic (exact) mass is 223 g/mol. The molecule has 1 amide bonds. The minimum Gasteiger partial charge on any atom is -0.453 e. The number of ether oxygens (including phenoxy) is 1. The van der Waals surface area contributed by atoms with Crippen LogP contribution < -0.4 is 5.73 Å². The molecule has 1 rings (SSSR count). The van der Waals surface area contributed by atoms with Gasteiger partial charge in [-0.15, -0.1) is 0 Å². The van der Waals surface area contributed by atoms with Gasteiger partial charge in [0.15, 0.2) is 0 Å². The molecule has 0 aliphatic heterocycles. The van der Waals surface area contributed by atoms with Gasteiger partial charge in [0.2, 0.25) is 0 Å². The number of amides is 1. The fourth-order valence-corrected chi connectivity index (χ4v) is 1.36. The molecule has 1 aromatic heterocycles. The normalized spacial score (nSPS) is 9.88. The Morgan fingerprint density at radius 3 is 3.00 bits per heavy atom. The Balaban J connectivity index is 2.59. The lowest BCUT2D eigenvalue weighted by Gasteiger charge is -2.20. The van der Waals surface area contributed by atoms with Crippen LogP contribution in [0.15, 0.2) is 24.5 Å². The topological polar surface area (TPSA) is 68.5 Å². The molecule has 0 saturated heterocycles. The molecule has 0 aliphatic rings. The van der Waals surface area contributed by atoms with Crippen LogP contribution in [0.25, 0.3) is 0 Å². The molecule has 1 heterocycles. The van der Waals surface area contributed by atoms with E-state index < -0.39 is 0 Å². The number of methoxy groups -OCH3 is 1. The zero-order valence-electron chi connectivity index (χ0n) is 9.43. The van der Waals surface area contributed by atoms with Gasteiger partial charge in [-0.2, -0.15) is 0 Å². The Kier molecular flexibility index (Phi) is 5.28. The molecule has 2 N–H and O–H groups in total. The van der Waals surface area contributed by atoms with Crippen molar-refractivity contribution in [3.63, 3.8) is 0 Å². The number of hydrogen-bond donors (Lipinski definition) is 1. The first-order valence-electron chi connectivity index (χ1n) is 5.19. The third kappa shape index (κ3) is 3.86. The SMILES string of the molecule is COC(=O)N(CCCN)Cc1cccnc1. The number of nitrogens with two attached hydrogens (primary N) is 1. The van der Waals surface area contributed by atoms with Gasteiger partial charge in [-0.25, -0.2) is 4.79 Å². The lowest BCUT2D eigenvalue weighted by atomic mass is 10.2. The first kappa shape index (κ1) is 12.4. The quantitative estimate of drug-likeness (QED) is 0.808. The molecule has 0 unspecified atom stereocenters. The molecule has 1 aromatic rings. The van der Waals surface area contributed by atoms with Crippen LogP contribution in [0.2, 0.25) is 0 Å². The average Bonchev–Trinajstić information content (AvgIpc) is 2.34. The lowest BCUT2D eigenvalue weighted by Crippen LogP contribution is -2.32. The van der Waals surface area contributed by atoms with Crippen LogP contribution in [0.4, 0.5) is 4.79 Å². The van der Waals surface area contributed by atoms with Gasteiger partial charge in [0.05, 0.1) is 13.7 Å². The molecule has 0 fully saturated rings. The van der Waals surface area contributed by atoms with Crippen molar-refractivity contribution < 1.29 is 9.53 Å². The molecule has 0 spiro atoms. The summed E-state index contributed by atoms with van der Waals surface area (Å²) in [6, 6.07) is 3.76. The van der Waals surface area contributed by atoms with Crippen molar-refractivity contribution in [1.29, 1.82) is 0 Å². The van der Waals surface area contributed by atoms with Crippen molar-refractivity contribution in [3.8, 4) is 0 Å². The molecular weight excluding hydrogens is 206 g/mol. The zero-order chi connectivity index (χ0) is 11.8. The molecular formula is C11H17N3O2. The van der Waals surface area contributed by atoms with Crippen LogP contribution in [0.3, 0.4) is 0 Å². The summed E-state index contributed by atoms with van der Waals surface area (Å²) in [5.41, 5.74) is 6.40. The van der Waals surface area contributed by atoms with Gasteiger partial charge in [-0.05, 0) is 24.6 Å². The fourth-order valence-electron chi connectivity index (χ4n) is 1.36. The van der Waals surface area contributed by atoms with Gasteiger partial charge in [-0.1, -0.05) is 6.07 Å². The Bertz CT molecular complexity index is 316.